The van der Waals surface area contributed by atoms with Crippen LogP contribution in [0.1, 0.15) is 40.0 Å². The number of nitrogens with zero attached hydrogens (tertiary/aromatic N) is 1. The fourth-order valence-corrected chi connectivity index (χ4v) is 1.44. The van der Waals surface area contributed by atoms with Crippen molar-refractivity contribution in [1.29, 1.82) is 0 Å². The molecule has 2 amide bonds. The van der Waals surface area contributed by atoms with Crippen molar-refractivity contribution in [2.75, 3.05) is 19.6 Å². The molecule has 0 aliphatic rings. The maximum atomic E-state index is 11.9. The van der Waals surface area contributed by atoms with Crippen molar-refractivity contribution >= 4 is 11.8 Å². The van der Waals surface area contributed by atoms with E-state index in [9.17, 15) is 9.59 Å². The SMILES string of the molecule is CCCNC(=O)CN(CCC)C(=O)[C@H](N)CC. The molecule has 0 aliphatic carbocycles. The first-order valence-electron chi connectivity index (χ1n) is 6.37. The van der Waals surface area contributed by atoms with Crippen LogP contribution < -0.4 is 11.1 Å². The van der Waals surface area contributed by atoms with Crippen molar-refractivity contribution < 1.29 is 9.59 Å². The summed E-state index contributed by atoms with van der Waals surface area (Å²) in [4.78, 5) is 25.0. The highest BCUT2D eigenvalue weighted by Crippen LogP contribution is 1.98. The Morgan fingerprint density at radius 1 is 1.24 bits per heavy atom. The molecule has 0 heterocycles. The van der Waals surface area contributed by atoms with E-state index in [1.54, 1.807) is 4.90 Å². The van der Waals surface area contributed by atoms with Crippen molar-refractivity contribution in [2.24, 2.45) is 5.73 Å². The van der Waals surface area contributed by atoms with E-state index in [0.717, 1.165) is 12.8 Å². The van der Waals surface area contributed by atoms with Crippen molar-refractivity contribution in [3.8, 4) is 0 Å². The first-order valence-corrected chi connectivity index (χ1v) is 6.37. The van der Waals surface area contributed by atoms with E-state index in [2.05, 4.69) is 5.32 Å². The van der Waals surface area contributed by atoms with E-state index in [1.165, 1.54) is 0 Å². The molecule has 0 unspecified atom stereocenters. The highest BCUT2D eigenvalue weighted by Gasteiger charge is 2.20. The maximum Gasteiger partial charge on any atom is 0.239 e. The lowest BCUT2D eigenvalue weighted by molar-refractivity contribution is -0.137. The molecule has 0 bridgehead atoms. The van der Waals surface area contributed by atoms with E-state index in [0.29, 0.717) is 19.5 Å². The van der Waals surface area contributed by atoms with Gasteiger partial charge in [0.1, 0.15) is 0 Å². The number of amides is 2. The Kier molecular flexibility index (Phi) is 8.40. The van der Waals surface area contributed by atoms with Gasteiger partial charge in [-0.3, -0.25) is 9.59 Å². The van der Waals surface area contributed by atoms with Gasteiger partial charge in [-0.05, 0) is 19.3 Å². The van der Waals surface area contributed by atoms with Gasteiger partial charge in [-0.2, -0.15) is 0 Å². The molecule has 0 spiro atoms. The largest absolute Gasteiger partial charge is 0.355 e. The molecule has 5 heteroatoms. The van der Waals surface area contributed by atoms with Crippen molar-refractivity contribution in [3.05, 3.63) is 0 Å². The lowest BCUT2D eigenvalue weighted by atomic mass is 10.2. The van der Waals surface area contributed by atoms with Crippen LogP contribution in [0, 0.1) is 0 Å². The minimum Gasteiger partial charge on any atom is -0.355 e. The Bertz CT molecular complexity index is 244. The second-order valence-corrected chi connectivity index (χ2v) is 4.12. The van der Waals surface area contributed by atoms with Crippen LogP contribution in [0.3, 0.4) is 0 Å². The summed E-state index contributed by atoms with van der Waals surface area (Å²) in [6.45, 7) is 7.16. The van der Waals surface area contributed by atoms with Crippen LogP contribution in [0.5, 0.6) is 0 Å². The number of carbonyl (C=O) groups excluding carboxylic acids is 2. The average Bonchev–Trinajstić information content (AvgIpc) is 2.33. The van der Waals surface area contributed by atoms with Gasteiger partial charge in [-0.1, -0.05) is 20.8 Å². The summed E-state index contributed by atoms with van der Waals surface area (Å²) in [5, 5.41) is 2.76. The summed E-state index contributed by atoms with van der Waals surface area (Å²) in [7, 11) is 0. The molecule has 3 N–H and O–H groups in total. The molecule has 0 radical (unpaired) electrons. The fourth-order valence-electron chi connectivity index (χ4n) is 1.44. The van der Waals surface area contributed by atoms with E-state index >= 15 is 0 Å². The van der Waals surface area contributed by atoms with Gasteiger partial charge in [0.25, 0.3) is 0 Å². The van der Waals surface area contributed by atoms with Gasteiger partial charge in [0.2, 0.25) is 11.8 Å². The van der Waals surface area contributed by atoms with Gasteiger partial charge in [0.05, 0.1) is 12.6 Å². The summed E-state index contributed by atoms with van der Waals surface area (Å²) >= 11 is 0. The first-order chi connectivity index (χ1) is 8.06. The first kappa shape index (κ1) is 15.9. The monoisotopic (exact) mass is 243 g/mol. The van der Waals surface area contributed by atoms with Gasteiger partial charge in [-0.25, -0.2) is 0 Å². The Morgan fingerprint density at radius 3 is 2.35 bits per heavy atom. The number of hydrogen-bond donors (Lipinski definition) is 2. The zero-order chi connectivity index (χ0) is 13.3. The predicted molar refractivity (Wildman–Crippen MR) is 68.4 cm³/mol. The third-order valence-electron chi connectivity index (χ3n) is 2.47. The average molecular weight is 243 g/mol. The van der Waals surface area contributed by atoms with Crippen LogP contribution in [-0.2, 0) is 9.59 Å². The molecule has 0 aliphatic heterocycles. The van der Waals surface area contributed by atoms with Gasteiger partial charge in [0.15, 0.2) is 0 Å². The molecule has 0 aromatic rings. The Labute approximate surface area is 104 Å². The molecule has 17 heavy (non-hydrogen) atoms. The summed E-state index contributed by atoms with van der Waals surface area (Å²) < 4.78 is 0. The normalized spacial score (nSPS) is 12.0. The smallest absolute Gasteiger partial charge is 0.239 e. The van der Waals surface area contributed by atoms with E-state index < -0.39 is 6.04 Å². The van der Waals surface area contributed by atoms with E-state index in [-0.39, 0.29) is 18.4 Å². The molecule has 0 fully saturated rings. The van der Waals surface area contributed by atoms with Crippen LogP contribution >= 0.6 is 0 Å². The predicted octanol–water partition coefficient (Wildman–Crippen LogP) is 0.489. The fraction of sp³-hybridized carbons (Fsp3) is 0.833. The highest BCUT2D eigenvalue weighted by atomic mass is 16.2. The maximum absolute atomic E-state index is 11.9. The molecule has 0 saturated heterocycles. The Morgan fingerprint density at radius 2 is 1.88 bits per heavy atom. The second kappa shape index (κ2) is 8.98. The van der Waals surface area contributed by atoms with Crippen LogP contribution in [-0.4, -0.2) is 42.4 Å². The zero-order valence-corrected chi connectivity index (χ0v) is 11.2. The minimum atomic E-state index is -0.500. The highest BCUT2D eigenvalue weighted by molar-refractivity contribution is 5.87. The van der Waals surface area contributed by atoms with Crippen molar-refractivity contribution in [2.45, 2.75) is 46.1 Å². The Balaban J connectivity index is 4.32. The molecule has 5 nitrogen and oxygen atoms in total. The summed E-state index contributed by atoms with van der Waals surface area (Å²) in [6, 6.07) is -0.500. The lowest BCUT2D eigenvalue weighted by Crippen LogP contribution is -2.48. The van der Waals surface area contributed by atoms with Gasteiger partial charge < -0.3 is 16.0 Å². The number of nitrogens with one attached hydrogen (secondary N) is 1. The molecule has 0 aromatic carbocycles. The van der Waals surface area contributed by atoms with Gasteiger partial charge in [-0.15, -0.1) is 0 Å². The van der Waals surface area contributed by atoms with Crippen molar-refractivity contribution in [1.82, 2.24) is 10.2 Å². The second-order valence-electron chi connectivity index (χ2n) is 4.12. The summed E-state index contributed by atoms with van der Waals surface area (Å²) in [5.41, 5.74) is 5.70. The topological polar surface area (TPSA) is 75.4 Å². The molecule has 0 rings (SSSR count). The lowest BCUT2D eigenvalue weighted by Gasteiger charge is -2.24. The van der Waals surface area contributed by atoms with Crippen LogP contribution in [0.4, 0.5) is 0 Å². The quantitative estimate of drug-likeness (QED) is 0.651. The number of nitrogens with two attached hydrogens (primary N) is 1. The number of carbonyl (C=O) groups is 2. The van der Waals surface area contributed by atoms with Crippen LogP contribution in [0.25, 0.3) is 0 Å². The third kappa shape index (κ3) is 6.26. The molecule has 100 valence electrons. The summed E-state index contributed by atoms with van der Waals surface area (Å²) in [5.74, 6) is -0.252. The number of hydrogen-bond acceptors (Lipinski definition) is 3. The van der Waals surface area contributed by atoms with E-state index in [4.69, 9.17) is 5.73 Å². The number of rotatable bonds is 8. The molecule has 0 saturated carbocycles. The van der Waals surface area contributed by atoms with Gasteiger partial charge in [0, 0.05) is 13.1 Å². The van der Waals surface area contributed by atoms with Gasteiger partial charge >= 0.3 is 0 Å². The molecule has 0 aromatic heterocycles. The van der Waals surface area contributed by atoms with Crippen LogP contribution in [0.2, 0.25) is 0 Å². The standard InChI is InChI=1S/C12H25N3O2/c1-4-7-14-11(16)9-15(8-5-2)12(17)10(13)6-3/h10H,4-9,13H2,1-3H3,(H,14,16)/t10-/m1/s1. The molecular weight excluding hydrogens is 218 g/mol. The summed E-state index contributed by atoms with van der Waals surface area (Å²) in [6.07, 6.45) is 2.31. The molecular formula is C12H25N3O2. The Hall–Kier alpha value is -1.10. The molecule has 1 atom stereocenters. The van der Waals surface area contributed by atoms with Crippen molar-refractivity contribution in [3.63, 3.8) is 0 Å². The van der Waals surface area contributed by atoms with E-state index in [1.807, 2.05) is 20.8 Å². The third-order valence-corrected chi connectivity index (χ3v) is 2.47. The van der Waals surface area contributed by atoms with Crippen LogP contribution in [0.15, 0.2) is 0 Å². The minimum absolute atomic E-state index is 0.111. The zero-order valence-electron chi connectivity index (χ0n) is 11.2.